The molecule has 0 unspecified atom stereocenters. The van der Waals surface area contributed by atoms with E-state index in [2.05, 4.69) is 20.7 Å². The lowest BCUT2D eigenvalue weighted by Gasteiger charge is -2.28. The number of nitrogens with one attached hydrogen (secondary N) is 3. The maximum Gasteiger partial charge on any atom is 0.337 e. The van der Waals surface area contributed by atoms with Crippen LogP contribution in [0.3, 0.4) is 0 Å². The van der Waals surface area contributed by atoms with E-state index in [4.69, 9.17) is 51.8 Å². The lowest BCUT2D eigenvalue weighted by atomic mass is 10.2. The van der Waals surface area contributed by atoms with E-state index in [9.17, 15) is 9.59 Å². The summed E-state index contributed by atoms with van der Waals surface area (Å²) in [4.78, 5) is 24.1. The van der Waals surface area contributed by atoms with Crippen LogP contribution in [0, 0.1) is 0 Å². The van der Waals surface area contributed by atoms with Gasteiger partial charge in [0.25, 0.3) is 5.91 Å². The highest BCUT2D eigenvalue weighted by molar-refractivity contribution is 7.80. The van der Waals surface area contributed by atoms with Crippen molar-refractivity contribution in [3.05, 3.63) is 59.7 Å². The third-order valence-corrected chi connectivity index (χ3v) is 4.67. The number of para-hydroxylation sites is 1. The second kappa shape index (κ2) is 10.7. The quantitative estimate of drug-likeness (QED) is 0.245. The first-order valence-corrected chi connectivity index (χ1v) is 9.96. The number of hydrogen-bond acceptors (Lipinski definition) is 5. The number of carbonyl (C=O) groups is 2. The summed E-state index contributed by atoms with van der Waals surface area (Å²) in [6.45, 7) is 0. The number of anilines is 1. The first kappa shape index (κ1) is 24.0. The minimum atomic E-state index is -1.92. The average Bonchev–Trinajstić information content (AvgIpc) is 2.72. The van der Waals surface area contributed by atoms with Crippen LogP contribution in [0.15, 0.2) is 48.5 Å². The molecule has 1 atom stereocenters. The maximum atomic E-state index is 12.6. The van der Waals surface area contributed by atoms with Crippen molar-refractivity contribution >= 4 is 69.7 Å². The zero-order valence-corrected chi connectivity index (χ0v) is 19.0. The summed E-state index contributed by atoms with van der Waals surface area (Å²) in [5.74, 6) is -0.622. The molecular weight excluding hydrogens is 473 g/mol. The Bertz CT molecular complexity index is 920. The molecule has 2 rings (SSSR count). The van der Waals surface area contributed by atoms with Crippen LogP contribution < -0.4 is 20.7 Å². The van der Waals surface area contributed by atoms with Gasteiger partial charge < -0.3 is 25.4 Å². The van der Waals surface area contributed by atoms with Gasteiger partial charge in [0.05, 0.1) is 25.3 Å². The molecule has 0 aromatic heterocycles. The predicted molar refractivity (Wildman–Crippen MR) is 122 cm³/mol. The Morgan fingerprint density at radius 3 is 2.20 bits per heavy atom. The molecule has 2 aromatic carbocycles. The largest absolute Gasteiger partial charge is 0.496 e. The van der Waals surface area contributed by atoms with E-state index >= 15 is 0 Å². The molecule has 0 radical (unpaired) electrons. The number of thiocarbonyl (C=S) groups is 1. The van der Waals surface area contributed by atoms with E-state index in [1.54, 1.807) is 48.5 Å². The molecule has 30 heavy (non-hydrogen) atoms. The minimum absolute atomic E-state index is 0.0810. The smallest absolute Gasteiger partial charge is 0.337 e. The molecule has 0 spiro atoms. The number of hydrogen-bond donors (Lipinski definition) is 3. The van der Waals surface area contributed by atoms with Gasteiger partial charge in [-0.15, -0.1) is 0 Å². The zero-order valence-electron chi connectivity index (χ0n) is 15.9. The monoisotopic (exact) mass is 489 g/mol. The molecule has 1 amide bonds. The molecule has 0 aliphatic rings. The molecule has 0 aliphatic heterocycles. The standard InChI is InChI=1S/C19H18Cl3N3O4S/c1-28-14-6-4-3-5-13(14)15(26)24-17(19(20,21)22)25-18(30)23-12-9-7-11(8-10-12)16(27)29-2/h3-10,17H,1-2H3,(H,24,26)(H2,23,25,30)/t17-/m1/s1. The summed E-state index contributed by atoms with van der Waals surface area (Å²) in [5, 5.41) is 8.30. The Hall–Kier alpha value is -2.26. The van der Waals surface area contributed by atoms with Gasteiger partial charge in [0.1, 0.15) is 11.9 Å². The highest BCUT2D eigenvalue weighted by atomic mass is 35.6. The van der Waals surface area contributed by atoms with Gasteiger partial charge in [0.15, 0.2) is 5.11 Å². The summed E-state index contributed by atoms with van der Waals surface area (Å²) >= 11 is 23.3. The number of ether oxygens (including phenoxy) is 2. The van der Waals surface area contributed by atoms with Crippen molar-refractivity contribution in [3.63, 3.8) is 0 Å². The van der Waals surface area contributed by atoms with Crippen LogP contribution in [0.2, 0.25) is 0 Å². The van der Waals surface area contributed by atoms with Crippen LogP contribution in [-0.2, 0) is 4.74 Å². The van der Waals surface area contributed by atoms with Crippen molar-refractivity contribution in [3.8, 4) is 5.75 Å². The third kappa shape index (κ3) is 6.63. The summed E-state index contributed by atoms with van der Waals surface area (Å²) in [5.41, 5.74) is 1.21. The lowest BCUT2D eigenvalue weighted by Crippen LogP contribution is -2.56. The number of amides is 1. The first-order valence-electron chi connectivity index (χ1n) is 8.42. The highest BCUT2D eigenvalue weighted by Crippen LogP contribution is 2.30. The normalized spacial score (nSPS) is 11.8. The zero-order chi connectivity index (χ0) is 22.3. The minimum Gasteiger partial charge on any atom is -0.496 e. The van der Waals surface area contributed by atoms with Gasteiger partial charge in [-0.3, -0.25) is 4.79 Å². The SMILES string of the molecule is COC(=O)c1ccc(NC(=S)N[C@@H](NC(=O)c2ccccc2OC)C(Cl)(Cl)Cl)cc1. The molecule has 7 nitrogen and oxygen atoms in total. The Balaban J connectivity index is 2.08. The topological polar surface area (TPSA) is 88.7 Å². The molecule has 0 saturated heterocycles. The lowest BCUT2D eigenvalue weighted by molar-refractivity contribution is 0.0600. The van der Waals surface area contributed by atoms with Gasteiger partial charge >= 0.3 is 5.97 Å². The molecular formula is C19H18Cl3N3O4S. The summed E-state index contributed by atoms with van der Waals surface area (Å²) in [6, 6.07) is 13.0. The number of benzene rings is 2. The Morgan fingerprint density at radius 2 is 1.63 bits per heavy atom. The van der Waals surface area contributed by atoms with Gasteiger partial charge in [-0.05, 0) is 48.6 Å². The van der Waals surface area contributed by atoms with Crippen LogP contribution in [0.25, 0.3) is 0 Å². The number of halogens is 3. The van der Waals surface area contributed by atoms with Crippen LogP contribution in [0.1, 0.15) is 20.7 Å². The van der Waals surface area contributed by atoms with E-state index in [0.717, 1.165) is 0 Å². The van der Waals surface area contributed by atoms with Gasteiger partial charge in [-0.2, -0.15) is 0 Å². The van der Waals surface area contributed by atoms with Crippen molar-refractivity contribution in [1.29, 1.82) is 0 Å². The van der Waals surface area contributed by atoms with Crippen molar-refractivity contribution in [2.75, 3.05) is 19.5 Å². The van der Waals surface area contributed by atoms with E-state index in [1.807, 2.05) is 0 Å². The van der Waals surface area contributed by atoms with Gasteiger partial charge in [0, 0.05) is 5.69 Å². The predicted octanol–water partition coefficient (Wildman–Crippen LogP) is 3.89. The van der Waals surface area contributed by atoms with Gasteiger partial charge in [-0.25, -0.2) is 4.79 Å². The van der Waals surface area contributed by atoms with Crippen LogP contribution in [0.4, 0.5) is 5.69 Å². The van der Waals surface area contributed by atoms with Crippen molar-refractivity contribution in [2.45, 2.75) is 9.96 Å². The molecule has 160 valence electrons. The fourth-order valence-corrected chi connectivity index (χ4v) is 2.91. The van der Waals surface area contributed by atoms with Crippen molar-refractivity contribution in [2.24, 2.45) is 0 Å². The molecule has 0 aliphatic carbocycles. The van der Waals surface area contributed by atoms with Crippen LogP contribution >= 0.6 is 47.0 Å². The maximum absolute atomic E-state index is 12.6. The molecule has 11 heteroatoms. The molecule has 3 N–H and O–H groups in total. The molecule has 0 heterocycles. The summed E-state index contributed by atoms with van der Waals surface area (Å²) in [7, 11) is 2.74. The van der Waals surface area contributed by atoms with Gasteiger partial charge in [0.2, 0.25) is 3.79 Å². The first-order chi connectivity index (χ1) is 14.2. The Kier molecular flexibility index (Phi) is 8.54. The van der Waals surface area contributed by atoms with Crippen LogP contribution in [-0.4, -0.2) is 41.2 Å². The Labute approximate surface area is 194 Å². The molecule has 0 bridgehead atoms. The second-order valence-electron chi connectivity index (χ2n) is 5.82. The average molecular weight is 491 g/mol. The second-order valence-corrected chi connectivity index (χ2v) is 8.59. The number of rotatable bonds is 6. The fourth-order valence-electron chi connectivity index (χ4n) is 2.35. The van der Waals surface area contributed by atoms with E-state index < -0.39 is 21.8 Å². The van der Waals surface area contributed by atoms with Crippen molar-refractivity contribution in [1.82, 2.24) is 10.6 Å². The number of carbonyl (C=O) groups excluding carboxylic acids is 2. The van der Waals surface area contributed by atoms with Crippen LogP contribution in [0.5, 0.6) is 5.75 Å². The fraction of sp³-hybridized carbons (Fsp3) is 0.211. The third-order valence-electron chi connectivity index (χ3n) is 3.79. The summed E-state index contributed by atoms with van der Waals surface area (Å²) < 4.78 is 7.91. The van der Waals surface area contributed by atoms with Gasteiger partial charge in [-0.1, -0.05) is 46.9 Å². The highest BCUT2D eigenvalue weighted by Gasteiger charge is 2.35. The number of esters is 1. The van der Waals surface area contributed by atoms with E-state index in [0.29, 0.717) is 17.0 Å². The van der Waals surface area contributed by atoms with E-state index in [-0.39, 0.29) is 10.7 Å². The Morgan fingerprint density at radius 1 is 1.00 bits per heavy atom. The number of alkyl halides is 3. The molecule has 0 saturated carbocycles. The van der Waals surface area contributed by atoms with Crippen molar-refractivity contribution < 1.29 is 19.1 Å². The molecule has 0 fully saturated rings. The molecule has 2 aromatic rings. The number of methoxy groups -OCH3 is 2. The van der Waals surface area contributed by atoms with E-state index in [1.165, 1.54) is 14.2 Å². The summed E-state index contributed by atoms with van der Waals surface area (Å²) in [6.07, 6.45) is -1.16.